The van der Waals surface area contributed by atoms with Crippen LogP contribution in [0.4, 0.5) is 0 Å². The molecule has 0 heterocycles. The number of aryl methyl sites for hydroxylation is 1. The Kier molecular flexibility index (Phi) is 2.56. The van der Waals surface area contributed by atoms with E-state index in [-0.39, 0.29) is 0 Å². The third kappa shape index (κ3) is 1.72. The fraction of sp³-hybridized carbons (Fsp3) is 0.455. The Balaban J connectivity index is 2.29. The normalized spacial score (nSPS) is 20.3. The number of nitrogens with one attached hydrogen (secondary N) is 1. The van der Waals surface area contributed by atoms with Crippen LogP contribution in [-0.4, -0.2) is 13.6 Å². The summed E-state index contributed by atoms with van der Waals surface area (Å²) in [5, 5.41) is 4.09. The van der Waals surface area contributed by atoms with Crippen molar-refractivity contribution in [3.63, 3.8) is 0 Å². The van der Waals surface area contributed by atoms with E-state index in [1.165, 1.54) is 24.0 Å². The number of hydrogen-bond acceptors (Lipinski definition) is 1. The zero-order valence-electron chi connectivity index (χ0n) is 7.81. The Hall–Kier alpha value is -0.530. The number of halogens is 1. The highest BCUT2D eigenvalue weighted by molar-refractivity contribution is 6.30. The number of likely N-dealkylation sites (N-methyl/N-ethyl adjacent to an activating group) is 1. The highest BCUT2D eigenvalue weighted by Crippen LogP contribution is 2.34. The van der Waals surface area contributed by atoms with E-state index < -0.39 is 0 Å². The summed E-state index contributed by atoms with van der Waals surface area (Å²) < 4.78 is 0. The Morgan fingerprint density at radius 3 is 3.15 bits per heavy atom. The van der Waals surface area contributed by atoms with Gasteiger partial charge in [-0.25, -0.2) is 0 Å². The van der Waals surface area contributed by atoms with Gasteiger partial charge in [-0.05, 0) is 49.1 Å². The van der Waals surface area contributed by atoms with Crippen LogP contribution >= 0.6 is 11.6 Å². The summed E-state index contributed by atoms with van der Waals surface area (Å²) in [6, 6.07) is 6.27. The van der Waals surface area contributed by atoms with Gasteiger partial charge >= 0.3 is 0 Å². The smallest absolute Gasteiger partial charge is 0.0409 e. The maximum atomic E-state index is 5.97. The van der Waals surface area contributed by atoms with Crippen LogP contribution in [0.25, 0.3) is 0 Å². The van der Waals surface area contributed by atoms with Gasteiger partial charge in [0, 0.05) is 11.6 Å². The van der Waals surface area contributed by atoms with Gasteiger partial charge in [0.05, 0.1) is 0 Å². The van der Waals surface area contributed by atoms with Crippen molar-refractivity contribution in [2.24, 2.45) is 0 Å². The van der Waals surface area contributed by atoms with Crippen LogP contribution in [0.15, 0.2) is 18.2 Å². The summed E-state index contributed by atoms with van der Waals surface area (Å²) in [7, 11) is 2.00. The van der Waals surface area contributed by atoms with Crippen molar-refractivity contribution in [3.05, 3.63) is 34.3 Å². The van der Waals surface area contributed by atoms with E-state index in [0.717, 1.165) is 11.6 Å². The number of rotatable bonds is 2. The predicted octanol–water partition coefficient (Wildman–Crippen LogP) is 2.59. The molecule has 1 aromatic rings. The van der Waals surface area contributed by atoms with Crippen LogP contribution in [0.1, 0.15) is 23.5 Å². The van der Waals surface area contributed by atoms with E-state index in [2.05, 4.69) is 17.4 Å². The van der Waals surface area contributed by atoms with Gasteiger partial charge in [0.25, 0.3) is 0 Å². The largest absolute Gasteiger partial charge is 0.319 e. The third-order valence-electron chi connectivity index (χ3n) is 2.76. The van der Waals surface area contributed by atoms with Crippen LogP contribution in [0.5, 0.6) is 0 Å². The van der Waals surface area contributed by atoms with Crippen molar-refractivity contribution >= 4 is 11.6 Å². The molecular weight excluding hydrogens is 182 g/mol. The molecule has 1 nitrogen and oxygen atoms in total. The quantitative estimate of drug-likeness (QED) is 0.765. The van der Waals surface area contributed by atoms with Crippen molar-refractivity contribution in [1.29, 1.82) is 0 Å². The molecular formula is C11H14ClN. The predicted molar refractivity (Wildman–Crippen MR) is 56.4 cm³/mol. The van der Waals surface area contributed by atoms with E-state index >= 15 is 0 Å². The summed E-state index contributed by atoms with van der Waals surface area (Å²) in [6.07, 6.45) is 2.47. The molecule has 1 aromatic carbocycles. The summed E-state index contributed by atoms with van der Waals surface area (Å²) in [4.78, 5) is 0. The molecule has 1 N–H and O–H groups in total. The maximum Gasteiger partial charge on any atom is 0.0409 e. The average molecular weight is 196 g/mol. The van der Waals surface area contributed by atoms with Crippen molar-refractivity contribution in [1.82, 2.24) is 5.32 Å². The Morgan fingerprint density at radius 2 is 2.38 bits per heavy atom. The minimum Gasteiger partial charge on any atom is -0.319 e. The number of benzene rings is 1. The summed E-state index contributed by atoms with van der Waals surface area (Å²) in [6.45, 7) is 1.06. The summed E-state index contributed by atoms with van der Waals surface area (Å²) in [5.74, 6) is 0.665. The van der Waals surface area contributed by atoms with E-state index in [4.69, 9.17) is 11.6 Å². The molecule has 1 aliphatic carbocycles. The van der Waals surface area contributed by atoms with Gasteiger partial charge in [-0.3, -0.25) is 0 Å². The second kappa shape index (κ2) is 3.69. The third-order valence-corrected chi connectivity index (χ3v) is 3.00. The molecule has 0 radical (unpaired) electrons. The second-order valence-electron chi connectivity index (χ2n) is 3.64. The van der Waals surface area contributed by atoms with Crippen molar-refractivity contribution in [2.45, 2.75) is 18.8 Å². The van der Waals surface area contributed by atoms with Crippen molar-refractivity contribution in [2.75, 3.05) is 13.6 Å². The van der Waals surface area contributed by atoms with Crippen LogP contribution in [0.3, 0.4) is 0 Å². The van der Waals surface area contributed by atoms with E-state index in [9.17, 15) is 0 Å². The molecule has 0 fully saturated rings. The van der Waals surface area contributed by atoms with Gasteiger partial charge in [-0.2, -0.15) is 0 Å². The SMILES string of the molecule is CNCC1CCc2ccc(Cl)cc21. The molecule has 0 saturated heterocycles. The topological polar surface area (TPSA) is 12.0 Å². The molecule has 13 heavy (non-hydrogen) atoms. The minimum atomic E-state index is 0.665. The molecule has 2 rings (SSSR count). The van der Waals surface area contributed by atoms with E-state index in [1.54, 1.807) is 0 Å². The first-order valence-corrected chi connectivity index (χ1v) is 5.12. The Labute approximate surface area is 84.1 Å². The first-order chi connectivity index (χ1) is 6.31. The molecule has 0 bridgehead atoms. The highest BCUT2D eigenvalue weighted by Gasteiger charge is 2.21. The average Bonchev–Trinajstić information content (AvgIpc) is 2.49. The fourth-order valence-electron chi connectivity index (χ4n) is 2.12. The van der Waals surface area contributed by atoms with Crippen LogP contribution in [-0.2, 0) is 6.42 Å². The van der Waals surface area contributed by atoms with Gasteiger partial charge in [-0.1, -0.05) is 17.7 Å². The van der Waals surface area contributed by atoms with Gasteiger partial charge in [-0.15, -0.1) is 0 Å². The molecule has 2 heteroatoms. The molecule has 1 atom stereocenters. The second-order valence-corrected chi connectivity index (χ2v) is 4.07. The molecule has 0 saturated carbocycles. The van der Waals surface area contributed by atoms with E-state index in [1.807, 2.05) is 13.1 Å². The van der Waals surface area contributed by atoms with Crippen LogP contribution < -0.4 is 5.32 Å². The zero-order valence-corrected chi connectivity index (χ0v) is 8.56. The lowest BCUT2D eigenvalue weighted by molar-refractivity contribution is 0.623. The number of hydrogen-bond donors (Lipinski definition) is 1. The van der Waals surface area contributed by atoms with Gasteiger partial charge in [0.1, 0.15) is 0 Å². The number of fused-ring (bicyclic) bond motifs is 1. The molecule has 0 aliphatic heterocycles. The lowest BCUT2D eigenvalue weighted by atomic mass is 10.0. The molecule has 0 amide bonds. The fourth-order valence-corrected chi connectivity index (χ4v) is 2.30. The summed E-state index contributed by atoms with van der Waals surface area (Å²) >= 11 is 5.97. The highest BCUT2D eigenvalue weighted by atomic mass is 35.5. The maximum absolute atomic E-state index is 5.97. The van der Waals surface area contributed by atoms with Gasteiger partial charge in [0.15, 0.2) is 0 Å². The molecule has 0 spiro atoms. The molecule has 70 valence electrons. The summed E-state index contributed by atoms with van der Waals surface area (Å²) in [5.41, 5.74) is 2.92. The monoisotopic (exact) mass is 195 g/mol. The van der Waals surface area contributed by atoms with Crippen LogP contribution in [0, 0.1) is 0 Å². The first kappa shape index (κ1) is 9.04. The van der Waals surface area contributed by atoms with Crippen molar-refractivity contribution in [3.8, 4) is 0 Å². The zero-order chi connectivity index (χ0) is 9.26. The molecule has 1 unspecified atom stereocenters. The minimum absolute atomic E-state index is 0.665. The molecule has 0 aromatic heterocycles. The van der Waals surface area contributed by atoms with Gasteiger partial charge in [0.2, 0.25) is 0 Å². The van der Waals surface area contributed by atoms with E-state index in [0.29, 0.717) is 5.92 Å². The first-order valence-electron chi connectivity index (χ1n) is 4.74. The lowest BCUT2D eigenvalue weighted by Crippen LogP contribution is -2.15. The van der Waals surface area contributed by atoms with Gasteiger partial charge < -0.3 is 5.32 Å². The van der Waals surface area contributed by atoms with Crippen molar-refractivity contribution < 1.29 is 0 Å². The van der Waals surface area contributed by atoms with Crippen LogP contribution in [0.2, 0.25) is 5.02 Å². The Morgan fingerprint density at radius 1 is 1.54 bits per heavy atom. The molecule has 1 aliphatic rings. The lowest BCUT2D eigenvalue weighted by Gasteiger charge is -2.10. The standard InChI is InChI=1S/C11H14ClN/c1-13-7-9-3-2-8-4-5-10(12)6-11(8)9/h4-6,9,13H,2-3,7H2,1H3. The Bertz CT molecular complexity index is 307.